The normalized spacial score (nSPS) is 9.67. The standard InChI is InChI=1S/C10H10O4.Na/c1-14-9-6-7(2-4-8(9)11)3-5-10(12)13;/h2-6,11H,1H3,(H,12,13);/b5-3+;. The smallest absolute Gasteiger partial charge is 0.328 e. The van der Waals surface area contributed by atoms with Crippen LogP contribution in [0.3, 0.4) is 0 Å². The van der Waals surface area contributed by atoms with Gasteiger partial charge in [0.2, 0.25) is 0 Å². The van der Waals surface area contributed by atoms with Gasteiger partial charge in [0.1, 0.15) is 0 Å². The van der Waals surface area contributed by atoms with Crippen molar-refractivity contribution in [2.24, 2.45) is 0 Å². The van der Waals surface area contributed by atoms with E-state index in [2.05, 4.69) is 0 Å². The molecule has 0 aliphatic heterocycles. The van der Waals surface area contributed by atoms with Gasteiger partial charge in [0, 0.05) is 35.6 Å². The summed E-state index contributed by atoms with van der Waals surface area (Å²) in [6.07, 6.45) is 2.44. The van der Waals surface area contributed by atoms with E-state index in [1.54, 1.807) is 12.1 Å². The van der Waals surface area contributed by atoms with Gasteiger partial charge in [-0.1, -0.05) is 6.07 Å². The van der Waals surface area contributed by atoms with Crippen LogP contribution in [-0.4, -0.2) is 52.8 Å². The molecule has 0 saturated carbocycles. The fraction of sp³-hybridized carbons (Fsp3) is 0.100. The minimum absolute atomic E-state index is 0. The quantitative estimate of drug-likeness (QED) is 0.588. The van der Waals surface area contributed by atoms with Crippen molar-refractivity contribution in [3.05, 3.63) is 29.8 Å². The van der Waals surface area contributed by atoms with E-state index >= 15 is 0 Å². The Morgan fingerprint density at radius 1 is 1.47 bits per heavy atom. The first-order chi connectivity index (χ1) is 6.63. The number of aromatic hydroxyl groups is 1. The molecule has 0 heterocycles. The summed E-state index contributed by atoms with van der Waals surface area (Å²) in [5, 5.41) is 17.6. The summed E-state index contributed by atoms with van der Waals surface area (Å²) in [7, 11) is 1.43. The van der Waals surface area contributed by atoms with E-state index in [4.69, 9.17) is 9.84 Å². The van der Waals surface area contributed by atoms with E-state index in [1.165, 1.54) is 19.3 Å². The second-order valence-corrected chi connectivity index (χ2v) is 2.60. The van der Waals surface area contributed by atoms with Gasteiger partial charge < -0.3 is 14.9 Å². The summed E-state index contributed by atoms with van der Waals surface area (Å²) in [6.45, 7) is 0. The molecule has 0 spiro atoms. The minimum Gasteiger partial charge on any atom is -0.504 e. The maximum atomic E-state index is 10.2. The summed E-state index contributed by atoms with van der Waals surface area (Å²) in [4.78, 5) is 10.2. The van der Waals surface area contributed by atoms with Crippen LogP contribution in [0.4, 0.5) is 0 Å². The Hall–Kier alpha value is -0.970. The van der Waals surface area contributed by atoms with Crippen molar-refractivity contribution >= 4 is 41.6 Å². The Labute approximate surface area is 109 Å². The molecule has 0 atom stereocenters. The SMILES string of the molecule is COc1cc(/C=C/C(=O)O)ccc1O.[Na]. The third-order valence-corrected chi connectivity index (χ3v) is 1.62. The zero-order valence-electron chi connectivity index (χ0n) is 8.60. The Kier molecular flexibility index (Phi) is 6.08. The molecule has 5 heteroatoms. The number of rotatable bonds is 3. The topological polar surface area (TPSA) is 66.8 Å². The number of methoxy groups -OCH3 is 1. The number of aliphatic carboxylic acids is 1. The maximum Gasteiger partial charge on any atom is 0.328 e. The predicted molar refractivity (Wildman–Crippen MR) is 57.1 cm³/mol. The third kappa shape index (κ3) is 4.38. The average Bonchev–Trinajstić information content (AvgIpc) is 2.16. The zero-order valence-corrected chi connectivity index (χ0v) is 10.6. The predicted octanol–water partition coefficient (Wildman–Crippen LogP) is 1.12. The van der Waals surface area contributed by atoms with Crippen molar-refractivity contribution in [2.75, 3.05) is 7.11 Å². The molecule has 0 bridgehead atoms. The number of carboxylic acid groups (broad SMARTS) is 1. The molecule has 4 nitrogen and oxygen atoms in total. The summed E-state index contributed by atoms with van der Waals surface area (Å²) in [6, 6.07) is 4.59. The number of hydrogen-bond acceptors (Lipinski definition) is 3. The molecular weight excluding hydrogens is 207 g/mol. The van der Waals surface area contributed by atoms with E-state index in [0.717, 1.165) is 6.08 Å². The average molecular weight is 217 g/mol. The molecule has 0 aliphatic carbocycles. The third-order valence-electron chi connectivity index (χ3n) is 1.62. The number of phenols is 1. The Bertz CT molecular complexity index is 374. The Morgan fingerprint density at radius 2 is 2.13 bits per heavy atom. The molecule has 75 valence electrons. The van der Waals surface area contributed by atoms with E-state index in [9.17, 15) is 9.90 Å². The largest absolute Gasteiger partial charge is 0.504 e. The van der Waals surface area contributed by atoms with E-state index < -0.39 is 5.97 Å². The molecule has 0 aliphatic rings. The summed E-state index contributed by atoms with van der Waals surface area (Å²) < 4.78 is 4.86. The van der Waals surface area contributed by atoms with Gasteiger partial charge in [-0.05, 0) is 23.8 Å². The van der Waals surface area contributed by atoms with Crippen molar-refractivity contribution in [1.29, 1.82) is 0 Å². The molecule has 0 fully saturated rings. The van der Waals surface area contributed by atoms with Gasteiger partial charge in [-0.3, -0.25) is 0 Å². The van der Waals surface area contributed by atoms with Crippen LogP contribution in [0.5, 0.6) is 11.5 Å². The molecule has 0 aromatic heterocycles. The fourth-order valence-corrected chi connectivity index (χ4v) is 0.965. The van der Waals surface area contributed by atoms with Gasteiger partial charge in [0.25, 0.3) is 0 Å². The van der Waals surface area contributed by atoms with Gasteiger partial charge in [-0.15, -0.1) is 0 Å². The van der Waals surface area contributed by atoms with E-state index in [-0.39, 0.29) is 35.3 Å². The number of benzene rings is 1. The number of carbonyl (C=O) groups is 1. The van der Waals surface area contributed by atoms with Crippen molar-refractivity contribution in [2.45, 2.75) is 0 Å². The maximum absolute atomic E-state index is 10.2. The molecule has 1 aromatic carbocycles. The first-order valence-corrected chi connectivity index (χ1v) is 3.91. The van der Waals surface area contributed by atoms with Gasteiger partial charge in [-0.2, -0.15) is 0 Å². The van der Waals surface area contributed by atoms with Crippen molar-refractivity contribution in [1.82, 2.24) is 0 Å². The van der Waals surface area contributed by atoms with Gasteiger partial charge >= 0.3 is 5.97 Å². The fourth-order valence-electron chi connectivity index (χ4n) is 0.965. The summed E-state index contributed by atoms with van der Waals surface area (Å²) in [5.74, 6) is -0.672. The Morgan fingerprint density at radius 3 is 2.67 bits per heavy atom. The Balaban J connectivity index is 0.00000196. The van der Waals surface area contributed by atoms with Crippen LogP contribution in [0.25, 0.3) is 6.08 Å². The number of carboxylic acids is 1. The molecular formula is C10H10NaO4. The van der Waals surface area contributed by atoms with Crippen LogP contribution in [0.15, 0.2) is 24.3 Å². The second kappa shape index (κ2) is 6.50. The molecule has 0 unspecified atom stereocenters. The van der Waals surface area contributed by atoms with Crippen LogP contribution >= 0.6 is 0 Å². The van der Waals surface area contributed by atoms with E-state index in [1.807, 2.05) is 0 Å². The van der Waals surface area contributed by atoms with Gasteiger partial charge in [0.05, 0.1) is 7.11 Å². The van der Waals surface area contributed by atoms with Crippen LogP contribution < -0.4 is 4.74 Å². The van der Waals surface area contributed by atoms with Crippen LogP contribution in [-0.2, 0) is 4.79 Å². The van der Waals surface area contributed by atoms with Gasteiger partial charge in [-0.25, -0.2) is 4.79 Å². The van der Waals surface area contributed by atoms with Crippen LogP contribution in [0, 0.1) is 0 Å². The molecule has 1 rings (SSSR count). The number of phenolic OH excluding ortho intramolecular Hbond substituents is 1. The first kappa shape index (κ1) is 14.0. The van der Waals surface area contributed by atoms with Crippen molar-refractivity contribution < 1.29 is 19.7 Å². The number of ether oxygens (including phenoxy) is 1. The number of hydrogen-bond donors (Lipinski definition) is 2. The molecule has 2 N–H and O–H groups in total. The van der Waals surface area contributed by atoms with Crippen LogP contribution in [0.1, 0.15) is 5.56 Å². The molecule has 1 radical (unpaired) electrons. The molecule has 1 aromatic rings. The van der Waals surface area contributed by atoms with Crippen molar-refractivity contribution in [3.63, 3.8) is 0 Å². The summed E-state index contributed by atoms with van der Waals surface area (Å²) >= 11 is 0. The van der Waals surface area contributed by atoms with Crippen LogP contribution in [0.2, 0.25) is 0 Å². The zero-order chi connectivity index (χ0) is 10.6. The van der Waals surface area contributed by atoms with E-state index in [0.29, 0.717) is 11.3 Å². The summed E-state index contributed by atoms with van der Waals surface area (Å²) in [5.41, 5.74) is 0.655. The molecule has 0 amide bonds. The monoisotopic (exact) mass is 217 g/mol. The van der Waals surface area contributed by atoms with Gasteiger partial charge in [0.15, 0.2) is 11.5 Å². The molecule has 0 saturated heterocycles. The first-order valence-electron chi connectivity index (χ1n) is 3.91. The minimum atomic E-state index is -1.02. The second-order valence-electron chi connectivity index (χ2n) is 2.60. The molecule has 15 heavy (non-hydrogen) atoms. The van der Waals surface area contributed by atoms with Crippen molar-refractivity contribution in [3.8, 4) is 11.5 Å².